The summed E-state index contributed by atoms with van der Waals surface area (Å²) in [6.45, 7) is 0. The van der Waals surface area contributed by atoms with E-state index in [1.165, 1.54) is 24.3 Å². The van der Waals surface area contributed by atoms with Crippen LogP contribution in [0.5, 0.6) is 0 Å². The molecule has 1 nitrogen and oxygen atoms in total. The summed E-state index contributed by atoms with van der Waals surface area (Å²) < 4.78 is 26.4. The van der Waals surface area contributed by atoms with Crippen molar-refractivity contribution in [1.82, 2.24) is 4.90 Å². The van der Waals surface area contributed by atoms with E-state index in [4.69, 9.17) is 0 Å². The van der Waals surface area contributed by atoms with Crippen LogP contribution < -0.4 is 0 Å². The van der Waals surface area contributed by atoms with Crippen LogP contribution >= 0.6 is 0 Å². The molecule has 0 bridgehead atoms. The molecule has 0 amide bonds. The van der Waals surface area contributed by atoms with Crippen molar-refractivity contribution in [1.29, 1.82) is 0 Å². The van der Waals surface area contributed by atoms with E-state index in [2.05, 4.69) is 19.0 Å². The van der Waals surface area contributed by atoms with Crippen molar-refractivity contribution in [2.45, 2.75) is 24.3 Å². The van der Waals surface area contributed by atoms with Gasteiger partial charge in [-0.2, -0.15) is 0 Å². The molecule has 0 heterocycles. The Morgan fingerprint density at radius 2 is 1.19 bits per heavy atom. The molecular formula is C18H19F2N. The fourth-order valence-electron chi connectivity index (χ4n) is 3.29. The van der Waals surface area contributed by atoms with Gasteiger partial charge in [-0.1, -0.05) is 24.3 Å². The van der Waals surface area contributed by atoms with Crippen LogP contribution in [0.4, 0.5) is 8.78 Å². The minimum absolute atomic E-state index is 0.129. The zero-order chi connectivity index (χ0) is 15.0. The molecule has 0 aliphatic heterocycles. The van der Waals surface area contributed by atoms with Crippen molar-refractivity contribution in [3.05, 3.63) is 71.3 Å². The van der Waals surface area contributed by atoms with E-state index in [1.807, 2.05) is 24.3 Å². The van der Waals surface area contributed by atoms with Crippen molar-refractivity contribution in [3.63, 3.8) is 0 Å². The Hall–Kier alpha value is -1.74. The molecular weight excluding hydrogens is 268 g/mol. The van der Waals surface area contributed by atoms with Crippen molar-refractivity contribution in [2.75, 3.05) is 14.1 Å². The average molecular weight is 287 g/mol. The van der Waals surface area contributed by atoms with Crippen LogP contribution in [0, 0.1) is 11.6 Å². The molecule has 110 valence electrons. The first-order valence-electron chi connectivity index (χ1n) is 7.20. The first-order chi connectivity index (χ1) is 10.0. The third kappa shape index (κ3) is 2.46. The largest absolute Gasteiger partial charge is 0.306 e. The number of benzene rings is 2. The molecule has 3 rings (SSSR count). The fourth-order valence-corrected chi connectivity index (χ4v) is 3.29. The first kappa shape index (κ1) is 14.2. The van der Waals surface area contributed by atoms with Crippen LogP contribution in [0.3, 0.4) is 0 Å². The molecule has 1 saturated carbocycles. The second-order valence-corrected chi connectivity index (χ2v) is 6.12. The monoisotopic (exact) mass is 287 g/mol. The van der Waals surface area contributed by atoms with Gasteiger partial charge < -0.3 is 4.90 Å². The summed E-state index contributed by atoms with van der Waals surface area (Å²) in [5.41, 5.74) is 2.08. The summed E-state index contributed by atoms with van der Waals surface area (Å²) in [4.78, 5) is 2.21. The van der Waals surface area contributed by atoms with Gasteiger partial charge in [-0.15, -0.1) is 0 Å². The van der Waals surface area contributed by atoms with Crippen molar-refractivity contribution in [2.24, 2.45) is 0 Å². The van der Waals surface area contributed by atoms with E-state index in [0.29, 0.717) is 6.04 Å². The van der Waals surface area contributed by atoms with Gasteiger partial charge in [-0.3, -0.25) is 0 Å². The molecule has 3 heteroatoms. The van der Waals surface area contributed by atoms with Crippen molar-refractivity contribution < 1.29 is 8.78 Å². The number of hydrogen-bond acceptors (Lipinski definition) is 1. The molecule has 0 spiro atoms. The van der Waals surface area contributed by atoms with E-state index in [0.717, 1.165) is 24.0 Å². The topological polar surface area (TPSA) is 3.24 Å². The zero-order valence-electron chi connectivity index (χ0n) is 12.3. The average Bonchev–Trinajstić information content (AvgIpc) is 2.41. The lowest BCUT2D eigenvalue weighted by Gasteiger charge is -2.51. The summed E-state index contributed by atoms with van der Waals surface area (Å²) >= 11 is 0. The maximum absolute atomic E-state index is 13.2. The Labute approximate surface area is 124 Å². The van der Waals surface area contributed by atoms with Gasteiger partial charge in [0.25, 0.3) is 0 Å². The van der Waals surface area contributed by atoms with E-state index in [9.17, 15) is 8.78 Å². The van der Waals surface area contributed by atoms with E-state index in [-0.39, 0.29) is 17.0 Å². The molecule has 0 N–H and O–H groups in total. The van der Waals surface area contributed by atoms with Gasteiger partial charge in [0, 0.05) is 11.5 Å². The standard InChI is InChI=1S/C18H19F2N/c1-21(2)17-11-18(12-17,13-3-7-15(19)8-4-13)14-5-9-16(20)10-6-14/h3-10,17H,11-12H2,1-2H3. The predicted molar refractivity (Wildman–Crippen MR) is 80.3 cm³/mol. The molecule has 1 aliphatic carbocycles. The Kier molecular flexibility index (Phi) is 3.54. The van der Waals surface area contributed by atoms with Crippen LogP contribution in [0.25, 0.3) is 0 Å². The highest BCUT2D eigenvalue weighted by Gasteiger charge is 2.47. The molecule has 0 aromatic heterocycles. The Morgan fingerprint density at radius 1 is 0.810 bits per heavy atom. The Bertz CT molecular complexity index is 563. The van der Waals surface area contributed by atoms with Gasteiger partial charge >= 0.3 is 0 Å². The van der Waals surface area contributed by atoms with Gasteiger partial charge in [-0.05, 0) is 62.3 Å². The second-order valence-electron chi connectivity index (χ2n) is 6.12. The number of hydrogen-bond donors (Lipinski definition) is 0. The van der Waals surface area contributed by atoms with Crippen molar-refractivity contribution in [3.8, 4) is 0 Å². The van der Waals surface area contributed by atoms with Gasteiger partial charge in [0.05, 0.1) is 0 Å². The third-order valence-corrected chi connectivity index (χ3v) is 4.69. The Morgan fingerprint density at radius 3 is 1.52 bits per heavy atom. The minimum Gasteiger partial charge on any atom is -0.306 e. The van der Waals surface area contributed by atoms with Crippen LogP contribution in [0.1, 0.15) is 24.0 Å². The lowest BCUT2D eigenvalue weighted by atomic mass is 9.58. The molecule has 2 aromatic carbocycles. The molecule has 0 radical (unpaired) electrons. The highest BCUT2D eigenvalue weighted by atomic mass is 19.1. The maximum atomic E-state index is 13.2. The third-order valence-electron chi connectivity index (χ3n) is 4.69. The lowest BCUT2D eigenvalue weighted by Crippen LogP contribution is -2.51. The minimum atomic E-state index is -0.225. The number of rotatable bonds is 3. The quantitative estimate of drug-likeness (QED) is 0.825. The van der Waals surface area contributed by atoms with E-state index in [1.54, 1.807) is 0 Å². The molecule has 1 aliphatic rings. The summed E-state index contributed by atoms with van der Waals surface area (Å²) in [5.74, 6) is -0.451. The Balaban J connectivity index is 2.00. The first-order valence-corrected chi connectivity index (χ1v) is 7.20. The highest BCUT2D eigenvalue weighted by molar-refractivity contribution is 5.43. The van der Waals surface area contributed by atoms with Crippen molar-refractivity contribution >= 4 is 0 Å². The molecule has 0 unspecified atom stereocenters. The van der Waals surface area contributed by atoms with Crippen LogP contribution in [-0.2, 0) is 5.41 Å². The second kappa shape index (κ2) is 5.23. The molecule has 0 atom stereocenters. The molecule has 0 saturated heterocycles. The van der Waals surface area contributed by atoms with E-state index < -0.39 is 0 Å². The number of halogens is 2. The normalized spacial score (nSPS) is 17.8. The smallest absolute Gasteiger partial charge is 0.123 e. The summed E-state index contributed by atoms with van der Waals surface area (Å²) in [6, 6.07) is 13.9. The molecule has 1 fully saturated rings. The maximum Gasteiger partial charge on any atom is 0.123 e. The van der Waals surface area contributed by atoms with Crippen LogP contribution in [-0.4, -0.2) is 25.0 Å². The molecule has 2 aromatic rings. The zero-order valence-corrected chi connectivity index (χ0v) is 12.3. The van der Waals surface area contributed by atoms with E-state index >= 15 is 0 Å². The summed E-state index contributed by atoms with van der Waals surface area (Å²) in [7, 11) is 4.15. The van der Waals surface area contributed by atoms with Gasteiger partial charge in [0.15, 0.2) is 0 Å². The van der Waals surface area contributed by atoms with Gasteiger partial charge in [0.1, 0.15) is 11.6 Å². The highest BCUT2D eigenvalue weighted by Crippen LogP contribution is 2.50. The molecule has 21 heavy (non-hydrogen) atoms. The van der Waals surface area contributed by atoms with Crippen LogP contribution in [0.2, 0.25) is 0 Å². The fraction of sp³-hybridized carbons (Fsp3) is 0.333. The summed E-state index contributed by atoms with van der Waals surface area (Å²) in [5, 5.41) is 0. The summed E-state index contributed by atoms with van der Waals surface area (Å²) in [6.07, 6.45) is 1.94. The van der Waals surface area contributed by atoms with Gasteiger partial charge in [-0.25, -0.2) is 8.78 Å². The van der Waals surface area contributed by atoms with Crippen LogP contribution in [0.15, 0.2) is 48.5 Å². The van der Waals surface area contributed by atoms with Gasteiger partial charge in [0.2, 0.25) is 0 Å². The predicted octanol–water partition coefficient (Wildman–Crippen LogP) is 3.97. The number of nitrogens with zero attached hydrogens (tertiary/aromatic N) is 1. The SMILES string of the molecule is CN(C)C1CC(c2ccc(F)cc2)(c2ccc(F)cc2)C1. The lowest BCUT2D eigenvalue weighted by molar-refractivity contribution is 0.117.